The summed E-state index contributed by atoms with van der Waals surface area (Å²) in [6, 6.07) is 2.24. The number of allylic oxidation sites excluding steroid dienone is 2. The number of hydrogen-bond acceptors (Lipinski definition) is 1. The number of nitriles is 1. The molecule has 0 bridgehead atoms. The molecule has 1 nitrogen and oxygen atoms in total. The molecule has 0 saturated carbocycles. The fraction of sp³-hybridized carbons (Fsp3) is 0.727. The summed E-state index contributed by atoms with van der Waals surface area (Å²) in [5, 5.41) is 8.70. The van der Waals surface area contributed by atoms with Gasteiger partial charge in [0.15, 0.2) is 0 Å². The third-order valence-electron chi connectivity index (χ3n) is 1.89. The van der Waals surface area contributed by atoms with Crippen molar-refractivity contribution in [1.29, 1.82) is 5.26 Å². The predicted molar refractivity (Wildman–Crippen MR) is 52.7 cm³/mol. The van der Waals surface area contributed by atoms with Crippen LogP contribution in [0, 0.1) is 11.3 Å². The van der Waals surface area contributed by atoms with E-state index < -0.39 is 0 Å². The van der Waals surface area contributed by atoms with Crippen LogP contribution in [0.3, 0.4) is 0 Å². The fourth-order valence-corrected chi connectivity index (χ4v) is 1.19. The first-order valence-electron chi connectivity index (χ1n) is 4.94. The highest BCUT2D eigenvalue weighted by molar-refractivity contribution is 5.19. The van der Waals surface area contributed by atoms with Crippen molar-refractivity contribution in [2.24, 2.45) is 0 Å². The molecule has 0 aliphatic heterocycles. The number of unbranched alkanes of at least 4 members (excludes halogenated alkanes) is 3. The van der Waals surface area contributed by atoms with Crippen LogP contribution in [0.2, 0.25) is 0 Å². The van der Waals surface area contributed by atoms with E-state index in [1.807, 2.05) is 6.08 Å². The molecule has 12 heavy (non-hydrogen) atoms. The largest absolute Gasteiger partial charge is 0.193 e. The van der Waals surface area contributed by atoms with Crippen molar-refractivity contribution in [2.75, 3.05) is 0 Å². The first-order chi connectivity index (χ1) is 5.85. The summed E-state index contributed by atoms with van der Waals surface area (Å²) in [6.45, 7) is 4.27. The minimum absolute atomic E-state index is 0.966. The van der Waals surface area contributed by atoms with Crippen molar-refractivity contribution in [2.45, 2.75) is 52.4 Å². The van der Waals surface area contributed by atoms with Crippen LogP contribution in [0.5, 0.6) is 0 Å². The number of hydrogen-bond donors (Lipinski definition) is 0. The molecular weight excluding hydrogens is 146 g/mol. The highest BCUT2D eigenvalue weighted by atomic mass is 14.2. The van der Waals surface area contributed by atoms with Gasteiger partial charge in [-0.15, -0.1) is 0 Å². The van der Waals surface area contributed by atoms with E-state index in [-0.39, 0.29) is 0 Å². The first-order valence-corrected chi connectivity index (χ1v) is 4.94. The lowest BCUT2D eigenvalue weighted by atomic mass is 10.1. The van der Waals surface area contributed by atoms with E-state index in [2.05, 4.69) is 19.9 Å². The van der Waals surface area contributed by atoms with Gasteiger partial charge in [0, 0.05) is 5.57 Å². The Morgan fingerprint density at radius 3 is 2.50 bits per heavy atom. The molecule has 0 fully saturated rings. The van der Waals surface area contributed by atoms with Crippen LogP contribution in [0.15, 0.2) is 11.6 Å². The molecule has 0 aliphatic rings. The maximum atomic E-state index is 8.70. The molecule has 0 rings (SSSR count). The van der Waals surface area contributed by atoms with Gasteiger partial charge in [0.2, 0.25) is 0 Å². The zero-order chi connectivity index (χ0) is 9.23. The minimum Gasteiger partial charge on any atom is -0.193 e. The van der Waals surface area contributed by atoms with Gasteiger partial charge in [-0.05, 0) is 19.3 Å². The molecule has 0 aromatic carbocycles. The van der Waals surface area contributed by atoms with Gasteiger partial charge in [-0.2, -0.15) is 5.26 Å². The van der Waals surface area contributed by atoms with Gasteiger partial charge in [0.05, 0.1) is 6.07 Å². The van der Waals surface area contributed by atoms with Crippen LogP contribution in [-0.4, -0.2) is 0 Å². The van der Waals surface area contributed by atoms with Crippen LogP contribution in [-0.2, 0) is 0 Å². The van der Waals surface area contributed by atoms with Crippen LogP contribution in [0.4, 0.5) is 0 Å². The summed E-state index contributed by atoms with van der Waals surface area (Å²) in [5.74, 6) is 0. The second kappa shape index (κ2) is 8.33. The SMILES string of the molecule is CC/C=C(\C#N)CCCCCC. The monoisotopic (exact) mass is 165 g/mol. The summed E-state index contributed by atoms with van der Waals surface area (Å²) in [5.41, 5.74) is 0.966. The second-order valence-electron chi connectivity index (χ2n) is 3.06. The van der Waals surface area contributed by atoms with Gasteiger partial charge in [-0.1, -0.05) is 39.2 Å². The Morgan fingerprint density at radius 2 is 2.00 bits per heavy atom. The molecule has 0 atom stereocenters. The average molecular weight is 165 g/mol. The van der Waals surface area contributed by atoms with Crippen molar-refractivity contribution in [1.82, 2.24) is 0 Å². The molecule has 0 spiro atoms. The van der Waals surface area contributed by atoms with Gasteiger partial charge in [-0.3, -0.25) is 0 Å². The summed E-state index contributed by atoms with van der Waals surface area (Å²) in [7, 11) is 0. The Hall–Kier alpha value is -0.770. The van der Waals surface area contributed by atoms with Crippen molar-refractivity contribution < 1.29 is 0 Å². The van der Waals surface area contributed by atoms with Crippen LogP contribution in [0.1, 0.15) is 52.4 Å². The normalized spacial score (nSPS) is 11.2. The highest BCUT2D eigenvalue weighted by Crippen LogP contribution is 2.09. The molecule has 0 radical (unpaired) electrons. The average Bonchev–Trinajstić information content (AvgIpc) is 2.10. The number of rotatable bonds is 6. The van der Waals surface area contributed by atoms with Gasteiger partial charge in [0.1, 0.15) is 0 Å². The van der Waals surface area contributed by atoms with Gasteiger partial charge >= 0.3 is 0 Å². The lowest BCUT2D eigenvalue weighted by Gasteiger charge is -1.97. The molecule has 0 unspecified atom stereocenters. The molecule has 0 aromatic rings. The van der Waals surface area contributed by atoms with E-state index in [0.717, 1.165) is 18.4 Å². The first kappa shape index (κ1) is 11.2. The predicted octanol–water partition coefficient (Wildman–Crippen LogP) is 3.82. The maximum absolute atomic E-state index is 8.70. The van der Waals surface area contributed by atoms with Gasteiger partial charge in [0.25, 0.3) is 0 Å². The minimum atomic E-state index is 0.966. The van der Waals surface area contributed by atoms with Crippen LogP contribution >= 0.6 is 0 Å². The topological polar surface area (TPSA) is 23.8 Å². The Labute approximate surface area is 76.1 Å². The van der Waals surface area contributed by atoms with E-state index in [4.69, 9.17) is 5.26 Å². The Balaban J connectivity index is 3.47. The molecule has 0 heterocycles. The summed E-state index contributed by atoms with van der Waals surface area (Å²) in [4.78, 5) is 0. The lowest BCUT2D eigenvalue weighted by Crippen LogP contribution is -1.81. The van der Waals surface area contributed by atoms with Crippen molar-refractivity contribution in [3.8, 4) is 6.07 Å². The number of nitrogens with zero attached hydrogens (tertiary/aromatic N) is 1. The Morgan fingerprint density at radius 1 is 1.25 bits per heavy atom. The highest BCUT2D eigenvalue weighted by Gasteiger charge is 1.93. The fourth-order valence-electron chi connectivity index (χ4n) is 1.19. The molecular formula is C11H19N. The summed E-state index contributed by atoms with van der Waals surface area (Å²) in [6.07, 6.45) is 8.99. The third-order valence-corrected chi connectivity index (χ3v) is 1.89. The van der Waals surface area contributed by atoms with Crippen molar-refractivity contribution in [3.63, 3.8) is 0 Å². The van der Waals surface area contributed by atoms with Crippen LogP contribution in [0.25, 0.3) is 0 Å². The molecule has 0 N–H and O–H groups in total. The van der Waals surface area contributed by atoms with E-state index in [9.17, 15) is 0 Å². The maximum Gasteiger partial charge on any atom is 0.0943 e. The Kier molecular flexibility index (Phi) is 7.79. The zero-order valence-electron chi connectivity index (χ0n) is 8.27. The molecule has 0 amide bonds. The van der Waals surface area contributed by atoms with E-state index in [0.29, 0.717) is 0 Å². The van der Waals surface area contributed by atoms with E-state index >= 15 is 0 Å². The molecule has 1 heteroatoms. The van der Waals surface area contributed by atoms with E-state index in [1.54, 1.807) is 0 Å². The summed E-state index contributed by atoms with van der Waals surface area (Å²) < 4.78 is 0. The van der Waals surface area contributed by atoms with Crippen LogP contribution < -0.4 is 0 Å². The smallest absolute Gasteiger partial charge is 0.0943 e. The summed E-state index contributed by atoms with van der Waals surface area (Å²) >= 11 is 0. The standard InChI is InChI=1S/C11H19N/c1-3-5-6-7-9-11(10-12)8-4-2/h8H,3-7,9H2,1-2H3/b11-8-. The van der Waals surface area contributed by atoms with Gasteiger partial charge < -0.3 is 0 Å². The van der Waals surface area contributed by atoms with E-state index in [1.165, 1.54) is 25.7 Å². The zero-order valence-corrected chi connectivity index (χ0v) is 8.27. The van der Waals surface area contributed by atoms with Crippen molar-refractivity contribution in [3.05, 3.63) is 11.6 Å². The molecule has 0 saturated heterocycles. The lowest BCUT2D eigenvalue weighted by molar-refractivity contribution is 0.668. The third kappa shape index (κ3) is 5.97. The van der Waals surface area contributed by atoms with Crippen molar-refractivity contribution >= 4 is 0 Å². The molecule has 0 aromatic heterocycles. The van der Waals surface area contributed by atoms with Gasteiger partial charge in [-0.25, -0.2) is 0 Å². The second-order valence-corrected chi connectivity index (χ2v) is 3.06. The Bertz CT molecular complexity index is 162. The quantitative estimate of drug-likeness (QED) is 0.433. The molecule has 0 aliphatic carbocycles. The molecule has 68 valence electrons.